The van der Waals surface area contributed by atoms with E-state index in [2.05, 4.69) is 10.2 Å². The second-order valence-corrected chi connectivity index (χ2v) is 5.41. The average Bonchev–Trinajstić information content (AvgIpc) is 2.48. The molecule has 2 rings (SSSR count). The molecule has 116 valence electrons. The number of para-hydroxylation sites is 2. The van der Waals surface area contributed by atoms with Crippen LogP contribution in [0.1, 0.15) is 26.2 Å². The number of piperidine rings is 1. The lowest BCUT2D eigenvalue weighted by molar-refractivity contribution is -0.116. The Morgan fingerprint density at radius 1 is 1.48 bits per heavy atom. The van der Waals surface area contributed by atoms with Gasteiger partial charge in [0.05, 0.1) is 17.5 Å². The standard InChI is InChI=1S/C16H25N3O2/c1-2-21-13-6-5-10-19(12-13)11-9-16(20)18-15-8-4-3-7-14(15)17/h3-4,7-8,13H,2,5-6,9-12,17H2,1H3,(H,18,20). The van der Waals surface area contributed by atoms with Crippen LogP contribution < -0.4 is 11.1 Å². The zero-order valence-electron chi connectivity index (χ0n) is 12.7. The van der Waals surface area contributed by atoms with Crippen LogP contribution in [0.2, 0.25) is 0 Å². The molecule has 1 aliphatic heterocycles. The molecule has 1 aromatic rings. The number of nitrogens with one attached hydrogen (secondary N) is 1. The lowest BCUT2D eigenvalue weighted by Gasteiger charge is -2.32. The van der Waals surface area contributed by atoms with Gasteiger partial charge in [-0.05, 0) is 38.4 Å². The van der Waals surface area contributed by atoms with Gasteiger partial charge in [-0.2, -0.15) is 0 Å². The molecule has 0 saturated carbocycles. The van der Waals surface area contributed by atoms with Crippen LogP contribution in [0.3, 0.4) is 0 Å². The SMILES string of the molecule is CCOC1CCCN(CCC(=O)Nc2ccccc2N)C1. The Morgan fingerprint density at radius 2 is 2.29 bits per heavy atom. The number of carbonyl (C=O) groups excluding carboxylic acids is 1. The van der Waals surface area contributed by atoms with Crippen molar-refractivity contribution in [2.75, 3.05) is 37.3 Å². The van der Waals surface area contributed by atoms with E-state index in [1.807, 2.05) is 25.1 Å². The van der Waals surface area contributed by atoms with Crippen LogP contribution in [-0.4, -0.2) is 43.2 Å². The second-order valence-electron chi connectivity index (χ2n) is 5.41. The highest BCUT2D eigenvalue weighted by Gasteiger charge is 2.20. The molecule has 1 saturated heterocycles. The fourth-order valence-corrected chi connectivity index (χ4v) is 2.67. The van der Waals surface area contributed by atoms with Gasteiger partial charge in [-0.3, -0.25) is 4.79 Å². The monoisotopic (exact) mass is 291 g/mol. The van der Waals surface area contributed by atoms with Crippen LogP contribution in [0.15, 0.2) is 24.3 Å². The van der Waals surface area contributed by atoms with E-state index in [9.17, 15) is 4.79 Å². The predicted octanol–water partition coefficient (Wildman–Crippen LogP) is 2.10. The summed E-state index contributed by atoms with van der Waals surface area (Å²) in [6.45, 7) is 5.52. The van der Waals surface area contributed by atoms with E-state index in [0.717, 1.165) is 39.1 Å². The number of hydrogen-bond acceptors (Lipinski definition) is 4. The third-order valence-electron chi connectivity index (χ3n) is 3.75. The highest BCUT2D eigenvalue weighted by molar-refractivity contribution is 5.93. The van der Waals surface area contributed by atoms with E-state index < -0.39 is 0 Å². The van der Waals surface area contributed by atoms with Crippen LogP contribution in [-0.2, 0) is 9.53 Å². The summed E-state index contributed by atoms with van der Waals surface area (Å²) in [6, 6.07) is 7.32. The first-order chi connectivity index (χ1) is 10.2. The highest BCUT2D eigenvalue weighted by Crippen LogP contribution is 2.17. The number of rotatable bonds is 6. The third kappa shape index (κ3) is 5.02. The molecule has 0 spiro atoms. The van der Waals surface area contributed by atoms with Gasteiger partial charge in [0.1, 0.15) is 0 Å². The maximum Gasteiger partial charge on any atom is 0.225 e. The van der Waals surface area contributed by atoms with Gasteiger partial charge < -0.3 is 20.7 Å². The fourth-order valence-electron chi connectivity index (χ4n) is 2.67. The predicted molar refractivity (Wildman–Crippen MR) is 85.2 cm³/mol. The number of nitrogens with two attached hydrogens (primary N) is 1. The van der Waals surface area contributed by atoms with Gasteiger partial charge in [0, 0.05) is 26.1 Å². The Kier molecular flexibility index (Phi) is 6.02. The number of carbonyl (C=O) groups is 1. The van der Waals surface area contributed by atoms with Crippen molar-refractivity contribution >= 4 is 17.3 Å². The molecule has 0 bridgehead atoms. The first-order valence-corrected chi connectivity index (χ1v) is 7.67. The second kappa shape index (κ2) is 8.00. The van der Waals surface area contributed by atoms with Crippen LogP contribution in [0.5, 0.6) is 0 Å². The molecule has 1 fully saturated rings. The Bertz CT molecular complexity index is 463. The van der Waals surface area contributed by atoms with Crippen LogP contribution in [0, 0.1) is 0 Å². The van der Waals surface area contributed by atoms with Crippen molar-refractivity contribution in [3.63, 3.8) is 0 Å². The van der Waals surface area contributed by atoms with Gasteiger partial charge in [0.25, 0.3) is 0 Å². The minimum Gasteiger partial charge on any atom is -0.397 e. The largest absolute Gasteiger partial charge is 0.397 e. The summed E-state index contributed by atoms with van der Waals surface area (Å²) in [6.07, 6.45) is 3.05. The van der Waals surface area contributed by atoms with Crippen LogP contribution in [0.4, 0.5) is 11.4 Å². The van der Waals surface area contributed by atoms with Crippen molar-refractivity contribution < 1.29 is 9.53 Å². The first-order valence-electron chi connectivity index (χ1n) is 7.67. The highest BCUT2D eigenvalue weighted by atomic mass is 16.5. The summed E-state index contributed by atoms with van der Waals surface area (Å²) in [5, 5.41) is 2.86. The number of ether oxygens (including phenoxy) is 1. The van der Waals surface area contributed by atoms with E-state index in [0.29, 0.717) is 23.9 Å². The van der Waals surface area contributed by atoms with Crippen molar-refractivity contribution in [3.8, 4) is 0 Å². The zero-order valence-corrected chi connectivity index (χ0v) is 12.7. The van der Waals surface area contributed by atoms with Gasteiger partial charge in [-0.25, -0.2) is 0 Å². The molecule has 1 aromatic carbocycles. The van der Waals surface area contributed by atoms with E-state index in [4.69, 9.17) is 10.5 Å². The molecule has 0 aromatic heterocycles. The third-order valence-corrected chi connectivity index (χ3v) is 3.75. The van der Waals surface area contributed by atoms with Crippen LogP contribution in [0.25, 0.3) is 0 Å². The summed E-state index contributed by atoms with van der Waals surface area (Å²) in [4.78, 5) is 14.3. The van der Waals surface area contributed by atoms with Crippen LogP contribution >= 0.6 is 0 Å². The topological polar surface area (TPSA) is 67.6 Å². The van der Waals surface area contributed by atoms with E-state index in [-0.39, 0.29) is 5.91 Å². The molecule has 5 nitrogen and oxygen atoms in total. The molecule has 3 N–H and O–H groups in total. The fraction of sp³-hybridized carbons (Fsp3) is 0.562. The van der Waals surface area contributed by atoms with Crippen molar-refractivity contribution in [2.24, 2.45) is 0 Å². The smallest absolute Gasteiger partial charge is 0.225 e. The van der Waals surface area contributed by atoms with Gasteiger partial charge >= 0.3 is 0 Å². The number of anilines is 2. The number of nitrogen functional groups attached to an aromatic ring is 1. The van der Waals surface area contributed by atoms with Crippen molar-refractivity contribution in [1.29, 1.82) is 0 Å². The maximum absolute atomic E-state index is 12.0. The van der Waals surface area contributed by atoms with Gasteiger partial charge in [0.2, 0.25) is 5.91 Å². The van der Waals surface area contributed by atoms with E-state index in [1.165, 1.54) is 0 Å². The van der Waals surface area contributed by atoms with E-state index >= 15 is 0 Å². The Hall–Kier alpha value is -1.59. The average molecular weight is 291 g/mol. The van der Waals surface area contributed by atoms with Crippen molar-refractivity contribution in [1.82, 2.24) is 4.90 Å². The quantitative estimate of drug-likeness (QED) is 0.788. The molecule has 21 heavy (non-hydrogen) atoms. The minimum atomic E-state index is 0.00596. The number of benzene rings is 1. The first kappa shape index (κ1) is 15.8. The van der Waals surface area contributed by atoms with Gasteiger partial charge in [-0.15, -0.1) is 0 Å². The Balaban J connectivity index is 1.75. The lowest BCUT2D eigenvalue weighted by atomic mass is 10.1. The molecular formula is C16H25N3O2. The zero-order chi connectivity index (χ0) is 15.1. The Labute approximate surface area is 126 Å². The lowest BCUT2D eigenvalue weighted by Crippen LogP contribution is -2.41. The molecule has 1 heterocycles. The summed E-state index contributed by atoms with van der Waals surface area (Å²) >= 11 is 0. The number of likely N-dealkylation sites (tertiary alicyclic amines) is 1. The molecule has 0 radical (unpaired) electrons. The Morgan fingerprint density at radius 3 is 3.05 bits per heavy atom. The maximum atomic E-state index is 12.0. The molecule has 1 unspecified atom stereocenters. The molecule has 1 amide bonds. The summed E-state index contributed by atoms with van der Waals surface area (Å²) in [7, 11) is 0. The molecule has 5 heteroatoms. The number of nitrogens with zero attached hydrogens (tertiary/aromatic N) is 1. The minimum absolute atomic E-state index is 0.00596. The summed E-state index contributed by atoms with van der Waals surface area (Å²) in [5.74, 6) is 0.00596. The summed E-state index contributed by atoms with van der Waals surface area (Å²) in [5.41, 5.74) is 7.10. The summed E-state index contributed by atoms with van der Waals surface area (Å²) < 4.78 is 5.67. The molecule has 0 aliphatic carbocycles. The van der Waals surface area contributed by atoms with Gasteiger partial charge in [-0.1, -0.05) is 12.1 Å². The van der Waals surface area contributed by atoms with E-state index in [1.54, 1.807) is 6.07 Å². The molecule has 1 atom stereocenters. The number of hydrogen-bond donors (Lipinski definition) is 2. The van der Waals surface area contributed by atoms with Gasteiger partial charge in [0.15, 0.2) is 0 Å². The number of amides is 1. The van der Waals surface area contributed by atoms with Crippen molar-refractivity contribution in [2.45, 2.75) is 32.3 Å². The normalized spacial score (nSPS) is 19.4. The molecular weight excluding hydrogens is 266 g/mol. The van der Waals surface area contributed by atoms with Crippen molar-refractivity contribution in [3.05, 3.63) is 24.3 Å². The molecule has 1 aliphatic rings.